The molecule has 1 saturated heterocycles. The highest BCUT2D eigenvalue weighted by Gasteiger charge is 2.40. The van der Waals surface area contributed by atoms with E-state index >= 15 is 0 Å². The maximum absolute atomic E-state index is 11.1. The Kier molecular flexibility index (Phi) is 4.11. The van der Waals surface area contributed by atoms with Crippen molar-refractivity contribution in [2.45, 2.75) is 32.7 Å². The van der Waals surface area contributed by atoms with Crippen molar-refractivity contribution in [3.8, 4) is 0 Å². The predicted octanol–water partition coefficient (Wildman–Crippen LogP) is 1.21. The van der Waals surface area contributed by atoms with E-state index in [-0.39, 0.29) is 11.5 Å². The van der Waals surface area contributed by atoms with Crippen molar-refractivity contribution < 1.29 is 14.6 Å². The van der Waals surface area contributed by atoms with Crippen molar-refractivity contribution in [3.63, 3.8) is 0 Å². The molecule has 88 valence electrons. The van der Waals surface area contributed by atoms with Crippen LogP contribution in [-0.4, -0.2) is 48.8 Å². The minimum absolute atomic E-state index is 0.287. The molecule has 0 aromatic heterocycles. The largest absolute Gasteiger partial charge is 0.480 e. The second-order valence-electron chi connectivity index (χ2n) is 5.06. The maximum Gasteiger partial charge on any atom is 0.320 e. The Morgan fingerprint density at radius 3 is 2.53 bits per heavy atom. The Labute approximate surface area is 91.2 Å². The molecule has 1 aliphatic heterocycles. The molecule has 4 nitrogen and oxygen atoms in total. The molecule has 0 spiro atoms. The lowest BCUT2D eigenvalue weighted by molar-refractivity contribution is -0.148. The number of likely N-dealkylation sites (tertiary alicyclic amines) is 1. The number of methoxy groups -OCH3 is 1. The van der Waals surface area contributed by atoms with E-state index in [0.717, 1.165) is 19.5 Å². The normalized spacial score (nSPS) is 22.1. The molecule has 0 aromatic rings. The fourth-order valence-corrected chi connectivity index (χ4v) is 2.16. The van der Waals surface area contributed by atoms with E-state index in [9.17, 15) is 4.79 Å². The van der Waals surface area contributed by atoms with Crippen LogP contribution in [0, 0.1) is 5.41 Å². The highest BCUT2D eigenvalue weighted by Crippen LogP contribution is 2.31. The molecular weight excluding hydrogens is 194 g/mol. The topological polar surface area (TPSA) is 49.8 Å². The zero-order valence-electron chi connectivity index (χ0n) is 9.82. The van der Waals surface area contributed by atoms with Gasteiger partial charge in [-0.3, -0.25) is 9.69 Å². The van der Waals surface area contributed by atoms with Gasteiger partial charge >= 0.3 is 5.97 Å². The molecule has 4 heteroatoms. The first-order chi connectivity index (χ1) is 6.96. The zero-order valence-corrected chi connectivity index (χ0v) is 9.82. The first kappa shape index (κ1) is 12.5. The van der Waals surface area contributed by atoms with Crippen molar-refractivity contribution in [3.05, 3.63) is 0 Å². The number of hydrogen-bond acceptors (Lipinski definition) is 3. The van der Waals surface area contributed by atoms with Crippen LogP contribution in [0.1, 0.15) is 26.7 Å². The highest BCUT2D eigenvalue weighted by molar-refractivity contribution is 5.73. The first-order valence-electron chi connectivity index (χ1n) is 5.42. The quantitative estimate of drug-likeness (QED) is 0.677. The average Bonchev–Trinajstić information content (AvgIpc) is 2.08. The Balaban J connectivity index is 2.36. The van der Waals surface area contributed by atoms with Gasteiger partial charge in [-0.15, -0.1) is 0 Å². The molecular formula is C11H21NO3. The Bertz CT molecular complexity index is 220. The van der Waals surface area contributed by atoms with Crippen LogP contribution < -0.4 is 0 Å². The molecule has 1 rings (SSSR count). The van der Waals surface area contributed by atoms with E-state index in [1.807, 2.05) is 4.90 Å². The van der Waals surface area contributed by atoms with Crippen LogP contribution in [0.4, 0.5) is 0 Å². The Morgan fingerprint density at radius 1 is 1.53 bits per heavy atom. The summed E-state index contributed by atoms with van der Waals surface area (Å²) in [5, 5.41) is 9.10. The standard InChI is InChI=1S/C11H21NO3/c1-11(2)7-12(8-11)9(10(13)14)5-4-6-15-3/h9H,4-8H2,1-3H3,(H,13,14). The van der Waals surface area contributed by atoms with E-state index in [1.165, 1.54) is 0 Å². The van der Waals surface area contributed by atoms with Gasteiger partial charge in [-0.1, -0.05) is 13.8 Å². The Hall–Kier alpha value is -0.610. The summed E-state index contributed by atoms with van der Waals surface area (Å²) in [6.07, 6.45) is 1.49. The van der Waals surface area contributed by atoms with E-state index in [1.54, 1.807) is 7.11 Å². The second-order valence-corrected chi connectivity index (χ2v) is 5.06. The van der Waals surface area contributed by atoms with Gasteiger partial charge in [0, 0.05) is 26.8 Å². The van der Waals surface area contributed by atoms with E-state index in [2.05, 4.69) is 13.8 Å². The van der Waals surface area contributed by atoms with Gasteiger partial charge in [0.25, 0.3) is 0 Å². The summed E-state index contributed by atoms with van der Waals surface area (Å²) in [5.74, 6) is -0.707. The van der Waals surface area contributed by atoms with Crippen LogP contribution in [-0.2, 0) is 9.53 Å². The fourth-order valence-electron chi connectivity index (χ4n) is 2.16. The van der Waals surface area contributed by atoms with Crippen molar-refractivity contribution in [1.29, 1.82) is 0 Å². The molecule has 0 radical (unpaired) electrons. The van der Waals surface area contributed by atoms with Crippen molar-refractivity contribution in [2.75, 3.05) is 26.8 Å². The number of ether oxygens (including phenoxy) is 1. The van der Waals surface area contributed by atoms with Crippen LogP contribution in [0.2, 0.25) is 0 Å². The summed E-state index contributed by atoms with van der Waals surface area (Å²) in [6, 6.07) is -0.326. The minimum atomic E-state index is -0.707. The number of nitrogens with zero attached hydrogens (tertiary/aromatic N) is 1. The average molecular weight is 215 g/mol. The summed E-state index contributed by atoms with van der Waals surface area (Å²) in [5.41, 5.74) is 0.287. The third-order valence-electron chi connectivity index (χ3n) is 2.81. The van der Waals surface area contributed by atoms with Gasteiger partial charge in [0.15, 0.2) is 0 Å². The lowest BCUT2D eigenvalue weighted by Gasteiger charge is -2.48. The van der Waals surface area contributed by atoms with Gasteiger partial charge in [-0.05, 0) is 18.3 Å². The van der Waals surface area contributed by atoms with Gasteiger partial charge in [0.05, 0.1) is 0 Å². The first-order valence-corrected chi connectivity index (χ1v) is 5.42. The maximum atomic E-state index is 11.1. The molecule has 15 heavy (non-hydrogen) atoms. The van der Waals surface area contributed by atoms with E-state index in [0.29, 0.717) is 13.0 Å². The van der Waals surface area contributed by atoms with Crippen molar-refractivity contribution >= 4 is 5.97 Å². The zero-order chi connectivity index (χ0) is 11.5. The van der Waals surface area contributed by atoms with Gasteiger partial charge in [-0.25, -0.2) is 0 Å². The summed E-state index contributed by atoms with van der Waals surface area (Å²) in [7, 11) is 1.64. The highest BCUT2D eigenvalue weighted by atomic mass is 16.5. The number of aliphatic carboxylic acids is 1. The molecule has 0 aliphatic carbocycles. The van der Waals surface area contributed by atoms with Crippen molar-refractivity contribution in [1.82, 2.24) is 4.90 Å². The molecule has 1 heterocycles. The summed E-state index contributed by atoms with van der Waals surface area (Å²) < 4.78 is 4.93. The number of carboxylic acids is 1. The number of carboxylic acid groups (broad SMARTS) is 1. The number of hydrogen-bond donors (Lipinski definition) is 1. The monoisotopic (exact) mass is 215 g/mol. The fraction of sp³-hybridized carbons (Fsp3) is 0.909. The van der Waals surface area contributed by atoms with Crippen LogP contribution in [0.5, 0.6) is 0 Å². The smallest absolute Gasteiger partial charge is 0.320 e. The molecule has 0 aromatic carbocycles. The summed E-state index contributed by atoms with van der Waals surface area (Å²) >= 11 is 0. The third kappa shape index (κ3) is 3.47. The third-order valence-corrected chi connectivity index (χ3v) is 2.81. The lowest BCUT2D eigenvalue weighted by Crippen LogP contribution is -2.59. The van der Waals surface area contributed by atoms with Gasteiger partial charge < -0.3 is 9.84 Å². The molecule has 0 amide bonds. The molecule has 1 fully saturated rings. The molecule has 1 N–H and O–H groups in total. The SMILES string of the molecule is COCCCC(C(=O)O)N1CC(C)(C)C1. The number of carbonyl (C=O) groups is 1. The van der Waals surface area contributed by atoms with Crippen molar-refractivity contribution in [2.24, 2.45) is 5.41 Å². The Morgan fingerprint density at radius 2 is 2.13 bits per heavy atom. The van der Waals surface area contributed by atoms with Gasteiger partial charge in [-0.2, -0.15) is 0 Å². The van der Waals surface area contributed by atoms with E-state index in [4.69, 9.17) is 9.84 Å². The van der Waals surface area contributed by atoms with Crippen LogP contribution in [0.25, 0.3) is 0 Å². The predicted molar refractivity (Wildman–Crippen MR) is 57.9 cm³/mol. The van der Waals surface area contributed by atoms with Crippen LogP contribution >= 0.6 is 0 Å². The lowest BCUT2D eigenvalue weighted by atomic mass is 9.82. The van der Waals surface area contributed by atoms with Gasteiger partial charge in [0.1, 0.15) is 6.04 Å². The molecule has 0 saturated carbocycles. The van der Waals surface area contributed by atoms with Crippen LogP contribution in [0.3, 0.4) is 0 Å². The molecule has 1 unspecified atom stereocenters. The second kappa shape index (κ2) is 4.94. The van der Waals surface area contributed by atoms with Gasteiger partial charge in [0.2, 0.25) is 0 Å². The van der Waals surface area contributed by atoms with E-state index < -0.39 is 5.97 Å². The summed E-state index contributed by atoms with van der Waals surface area (Å²) in [4.78, 5) is 13.1. The molecule has 1 atom stereocenters. The molecule has 1 aliphatic rings. The summed E-state index contributed by atoms with van der Waals surface area (Å²) in [6.45, 7) is 6.74. The van der Waals surface area contributed by atoms with Crippen LogP contribution in [0.15, 0.2) is 0 Å². The minimum Gasteiger partial charge on any atom is -0.480 e. The molecule has 0 bridgehead atoms. The number of rotatable bonds is 6.